The molecule has 1 aromatic carbocycles. The smallest absolute Gasteiger partial charge is 0.0545 e. The van der Waals surface area contributed by atoms with Crippen LogP contribution in [0.3, 0.4) is 0 Å². The van der Waals surface area contributed by atoms with Gasteiger partial charge in [0.25, 0.3) is 0 Å². The number of hydrogen-bond acceptors (Lipinski definition) is 2. The first-order valence-electron chi connectivity index (χ1n) is 3.89. The predicted molar refractivity (Wildman–Crippen MR) is 51.4 cm³/mol. The quantitative estimate of drug-likeness (QED) is 0.763. The van der Waals surface area contributed by atoms with E-state index >= 15 is 0 Å². The summed E-state index contributed by atoms with van der Waals surface area (Å²) in [5.41, 5.74) is 5.54. The molecular weight excluding hydrogens is 170 g/mol. The van der Waals surface area contributed by atoms with Gasteiger partial charge < -0.3 is 5.73 Å². The molecule has 0 saturated heterocycles. The van der Waals surface area contributed by atoms with Crippen LogP contribution in [0.1, 0.15) is 6.92 Å². The average Bonchev–Trinajstić information content (AvgIpc) is 2.05. The Labute approximate surface area is 75.2 Å². The van der Waals surface area contributed by atoms with Crippen LogP contribution in [0.15, 0.2) is 35.2 Å². The topological polar surface area (TPSA) is 43.1 Å². The minimum atomic E-state index is -0.939. The molecule has 2 nitrogen and oxygen atoms in total. The van der Waals surface area contributed by atoms with Crippen molar-refractivity contribution in [1.82, 2.24) is 0 Å². The van der Waals surface area contributed by atoms with Gasteiger partial charge >= 0.3 is 0 Å². The lowest BCUT2D eigenvalue weighted by molar-refractivity contribution is 0.676. The van der Waals surface area contributed by atoms with Crippen molar-refractivity contribution < 1.29 is 4.21 Å². The first-order valence-corrected chi connectivity index (χ1v) is 5.21. The summed E-state index contributed by atoms with van der Waals surface area (Å²) in [6, 6.07) is 9.39. The van der Waals surface area contributed by atoms with E-state index in [0.29, 0.717) is 5.75 Å². The van der Waals surface area contributed by atoms with Gasteiger partial charge in [0, 0.05) is 16.7 Å². The highest BCUT2D eigenvalue weighted by Crippen LogP contribution is 2.05. The lowest BCUT2D eigenvalue weighted by atomic mass is 10.4. The highest BCUT2D eigenvalue weighted by atomic mass is 32.2. The third-order valence-electron chi connectivity index (χ3n) is 1.42. The second-order valence-electron chi connectivity index (χ2n) is 2.80. The molecule has 0 aliphatic heterocycles. The van der Waals surface area contributed by atoms with E-state index in [1.807, 2.05) is 37.3 Å². The molecule has 1 aromatic rings. The summed E-state index contributed by atoms with van der Waals surface area (Å²) < 4.78 is 11.5. The van der Waals surface area contributed by atoms with Gasteiger partial charge in [0.05, 0.1) is 10.8 Å². The molecule has 0 bridgehead atoms. The maximum Gasteiger partial charge on any atom is 0.0545 e. The van der Waals surface area contributed by atoms with Gasteiger partial charge in [0.15, 0.2) is 0 Å². The van der Waals surface area contributed by atoms with Crippen LogP contribution in [0.5, 0.6) is 0 Å². The van der Waals surface area contributed by atoms with Gasteiger partial charge in [-0.1, -0.05) is 18.2 Å². The molecule has 2 N–H and O–H groups in total. The van der Waals surface area contributed by atoms with Crippen LogP contribution < -0.4 is 5.73 Å². The zero-order valence-electron chi connectivity index (χ0n) is 7.07. The monoisotopic (exact) mass is 183 g/mol. The summed E-state index contributed by atoms with van der Waals surface area (Å²) in [6.07, 6.45) is 0. The van der Waals surface area contributed by atoms with Crippen molar-refractivity contribution in [3.63, 3.8) is 0 Å². The Morgan fingerprint density at radius 3 is 2.50 bits per heavy atom. The lowest BCUT2D eigenvalue weighted by Crippen LogP contribution is -2.22. The summed E-state index contributed by atoms with van der Waals surface area (Å²) in [5.74, 6) is 0.532. The molecule has 0 spiro atoms. The van der Waals surface area contributed by atoms with E-state index in [0.717, 1.165) is 4.90 Å². The van der Waals surface area contributed by atoms with Gasteiger partial charge in [-0.15, -0.1) is 0 Å². The first-order chi connectivity index (χ1) is 5.70. The highest BCUT2D eigenvalue weighted by Gasteiger charge is 2.04. The highest BCUT2D eigenvalue weighted by molar-refractivity contribution is 7.85. The molecule has 0 aromatic heterocycles. The molecular formula is C9H13NOS. The van der Waals surface area contributed by atoms with Gasteiger partial charge in [-0.2, -0.15) is 0 Å². The van der Waals surface area contributed by atoms with Crippen molar-refractivity contribution in [3.05, 3.63) is 30.3 Å². The van der Waals surface area contributed by atoms with Crippen LogP contribution in [0.4, 0.5) is 0 Å². The molecule has 1 rings (SSSR count). The molecule has 2 unspecified atom stereocenters. The Morgan fingerprint density at radius 1 is 1.42 bits per heavy atom. The van der Waals surface area contributed by atoms with Crippen LogP contribution in [0.25, 0.3) is 0 Å². The SMILES string of the molecule is CC(N)CS(=O)c1ccccc1. The molecule has 2 atom stereocenters. The van der Waals surface area contributed by atoms with Crippen LogP contribution in [-0.2, 0) is 10.8 Å². The maximum atomic E-state index is 11.5. The lowest BCUT2D eigenvalue weighted by Gasteiger charge is -2.04. The van der Waals surface area contributed by atoms with Crippen LogP contribution in [0, 0.1) is 0 Å². The van der Waals surface area contributed by atoms with Crippen molar-refractivity contribution in [1.29, 1.82) is 0 Å². The molecule has 0 aliphatic carbocycles. The molecule has 0 amide bonds. The summed E-state index contributed by atoms with van der Waals surface area (Å²) in [6.45, 7) is 1.86. The third-order valence-corrected chi connectivity index (χ3v) is 3.05. The van der Waals surface area contributed by atoms with E-state index in [1.165, 1.54) is 0 Å². The van der Waals surface area contributed by atoms with Crippen LogP contribution in [-0.4, -0.2) is 16.0 Å². The number of benzene rings is 1. The fourth-order valence-electron chi connectivity index (χ4n) is 0.907. The molecule has 3 heteroatoms. The zero-order valence-corrected chi connectivity index (χ0v) is 7.88. The minimum Gasteiger partial charge on any atom is -0.327 e. The summed E-state index contributed by atoms with van der Waals surface area (Å²) in [4.78, 5) is 0.856. The van der Waals surface area contributed by atoms with E-state index in [2.05, 4.69) is 0 Å². The average molecular weight is 183 g/mol. The Hall–Kier alpha value is -0.670. The van der Waals surface area contributed by atoms with Crippen molar-refractivity contribution in [2.75, 3.05) is 5.75 Å². The van der Waals surface area contributed by atoms with Crippen molar-refractivity contribution in [2.45, 2.75) is 17.9 Å². The van der Waals surface area contributed by atoms with Gasteiger partial charge in [-0.25, -0.2) is 0 Å². The fourth-order valence-corrected chi connectivity index (χ4v) is 2.04. The van der Waals surface area contributed by atoms with Crippen LogP contribution >= 0.6 is 0 Å². The summed E-state index contributed by atoms with van der Waals surface area (Å²) in [7, 11) is -0.939. The predicted octanol–water partition coefficient (Wildman–Crippen LogP) is 1.14. The molecule has 0 heterocycles. The number of hydrogen-bond donors (Lipinski definition) is 1. The standard InChI is InChI=1S/C9H13NOS/c1-8(10)7-12(11)9-5-3-2-4-6-9/h2-6,8H,7,10H2,1H3. The molecule has 0 radical (unpaired) electrons. The normalized spacial score (nSPS) is 15.5. The van der Waals surface area contributed by atoms with E-state index in [-0.39, 0.29) is 6.04 Å². The van der Waals surface area contributed by atoms with E-state index in [4.69, 9.17) is 5.73 Å². The molecule has 66 valence electrons. The third kappa shape index (κ3) is 2.75. The van der Waals surface area contributed by atoms with E-state index < -0.39 is 10.8 Å². The second-order valence-corrected chi connectivity index (χ2v) is 4.30. The molecule has 12 heavy (non-hydrogen) atoms. The van der Waals surface area contributed by atoms with Crippen molar-refractivity contribution in [2.24, 2.45) is 5.73 Å². The minimum absolute atomic E-state index is 0.00830. The maximum absolute atomic E-state index is 11.5. The Balaban J connectivity index is 2.66. The Kier molecular flexibility index (Phi) is 3.44. The summed E-state index contributed by atoms with van der Waals surface area (Å²) >= 11 is 0. The van der Waals surface area contributed by atoms with Gasteiger partial charge in [-0.3, -0.25) is 4.21 Å². The Morgan fingerprint density at radius 2 is 2.00 bits per heavy atom. The van der Waals surface area contributed by atoms with Gasteiger partial charge in [0.1, 0.15) is 0 Å². The number of nitrogens with two attached hydrogens (primary N) is 1. The van der Waals surface area contributed by atoms with Gasteiger partial charge in [-0.05, 0) is 19.1 Å². The van der Waals surface area contributed by atoms with E-state index in [9.17, 15) is 4.21 Å². The number of rotatable bonds is 3. The second kappa shape index (κ2) is 4.38. The van der Waals surface area contributed by atoms with Crippen LogP contribution in [0.2, 0.25) is 0 Å². The molecule has 0 aliphatic rings. The van der Waals surface area contributed by atoms with Gasteiger partial charge in [0.2, 0.25) is 0 Å². The Bertz CT molecular complexity index is 258. The molecule has 0 fully saturated rings. The first kappa shape index (κ1) is 9.42. The van der Waals surface area contributed by atoms with Crippen molar-refractivity contribution >= 4 is 10.8 Å². The van der Waals surface area contributed by atoms with E-state index in [1.54, 1.807) is 0 Å². The molecule has 0 saturated carbocycles. The zero-order chi connectivity index (χ0) is 8.97. The summed E-state index contributed by atoms with van der Waals surface area (Å²) in [5, 5.41) is 0. The van der Waals surface area contributed by atoms with Crippen molar-refractivity contribution in [3.8, 4) is 0 Å². The fraction of sp³-hybridized carbons (Fsp3) is 0.333. The largest absolute Gasteiger partial charge is 0.327 e.